The summed E-state index contributed by atoms with van der Waals surface area (Å²) in [5, 5.41) is 5.38. The normalized spacial score (nSPS) is 10.0. The zero-order valence-corrected chi connectivity index (χ0v) is 12.4. The molecular weight excluding hydrogens is 264 g/mol. The van der Waals surface area contributed by atoms with E-state index in [1.807, 2.05) is 32.0 Å². The second kappa shape index (κ2) is 6.22. The van der Waals surface area contributed by atoms with Crippen molar-refractivity contribution in [2.45, 2.75) is 13.8 Å². The van der Waals surface area contributed by atoms with E-state index in [0.29, 0.717) is 16.8 Å². The van der Waals surface area contributed by atoms with E-state index in [9.17, 15) is 9.59 Å². The fraction of sp³-hybridized carbons (Fsp3) is 0.176. The number of benzene rings is 2. The number of hydrogen-bond donors (Lipinski definition) is 2. The van der Waals surface area contributed by atoms with Gasteiger partial charge >= 0.3 is 0 Å². The molecule has 2 rings (SSSR count). The fourth-order valence-electron chi connectivity index (χ4n) is 2.15. The third kappa shape index (κ3) is 3.48. The van der Waals surface area contributed by atoms with Gasteiger partial charge in [-0.05, 0) is 43.7 Å². The minimum atomic E-state index is -0.183. The average molecular weight is 282 g/mol. The molecule has 0 fully saturated rings. The summed E-state index contributed by atoms with van der Waals surface area (Å²) in [4.78, 5) is 23.9. The molecule has 2 N–H and O–H groups in total. The lowest BCUT2D eigenvalue weighted by Crippen LogP contribution is -2.18. The second-order valence-corrected chi connectivity index (χ2v) is 4.93. The molecule has 21 heavy (non-hydrogen) atoms. The predicted octanol–water partition coefficient (Wildman–Crippen LogP) is 2.92. The molecule has 0 bridgehead atoms. The van der Waals surface area contributed by atoms with Crippen LogP contribution in [-0.4, -0.2) is 18.9 Å². The number of amides is 2. The summed E-state index contributed by atoms with van der Waals surface area (Å²) in [6, 6.07) is 12.5. The highest BCUT2D eigenvalue weighted by Gasteiger charge is 2.10. The number of nitrogens with one attached hydrogen (secondary N) is 2. The Labute approximate surface area is 124 Å². The first-order valence-corrected chi connectivity index (χ1v) is 6.72. The molecule has 0 aliphatic rings. The van der Waals surface area contributed by atoms with Crippen LogP contribution in [0.2, 0.25) is 0 Å². The van der Waals surface area contributed by atoms with Gasteiger partial charge in [-0.2, -0.15) is 0 Å². The Bertz CT molecular complexity index is 693. The molecule has 0 heterocycles. The Kier molecular flexibility index (Phi) is 4.38. The first-order chi connectivity index (χ1) is 10.0. The van der Waals surface area contributed by atoms with Crippen LogP contribution in [-0.2, 0) is 0 Å². The molecule has 0 saturated carbocycles. The topological polar surface area (TPSA) is 58.2 Å². The minimum Gasteiger partial charge on any atom is -0.355 e. The molecule has 2 aromatic rings. The van der Waals surface area contributed by atoms with Crippen molar-refractivity contribution in [1.29, 1.82) is 0 Å². The van der Waals surface area contributed by atoms with Crippen LogP contribution in [0.25, 0.3) is 0 Å². The zero-order chi connectivity index (χ0) is 15.4. The second-order valence-electron chi connectivity index (χ2n) is 4.93. The average Bonchev–Trinajstić information content (AvgIpc) is 2.46. The van der Waals surface area contributed by atoms with Gasteiger partial charge in [0.1, 0.15) is 0 Å². The highest BCUT2D eigenvalue weighted by molar-refractivity contribution is 6.06. The molecule has 0 radical (unpaired) electrons. The Hall–Kier alpha value is -2.62. The van der Waals surface area contributed by atoms with E-state index in [0.717, 1.165) is 11.1 Å². The summed E-state index contributed by atoms with van der Waals surface area (Å²) in [6.07, 6.45) is 0. The van der Waals surface area contributed by atoms with E-state index >= 15 is 0 Å². The first-order valence-electron chi connectivity index (χ1n) is 6.72. The number of carbonyl (C=O) groups is 2. The van der Waals surface area contributed by atoms with Crippen molar-refractivity contribution in [2.75, 3.05) is 12.4 Å². The number of carbonyl (C=O) groups excluding carboxylic acids is 2. The number of anilines is 1. The van der Waals surface area contributed by atoms with Crippen molar-refractivity contribution in [3.05, 3.63) is 64.7 Å². The highest BCUT2D eigenvalue weighted by atomic mass is 16.2. The van der Waals surface area contributed by atoms with Crippen LogP contribution >= 0.6 is 0 Å². The third-order valence-electron chi connectivity index (χ3n) is 3.24. The molecular formula is C17H18N2O2. The van der Waals surface area contributed by atoms with Crippen molar-refractivity contribution in [3.8, 4) is 0 Å². The van der Waals surface area contributed by atoms with Gasteiger partial charge in [-0.1, -0.05) is 23.8 Å². The van der Waals surface area contributed by atoms with Gasteiger partial charge in [0.05, 0.1) is 0 Å². The SMILES string of the molecule is CNC(=O)c1cccc(NC(=O)c2ccc(C)cc2C)c1. The van der Waals surface area contributed by atoms with Gasteiger partial charge in [-0.15, -0.1) is 0 Å². The molecule has 2 aromatic carbocycles. The molecule has 108 valence electrons. The smallest absolute Gasteiger partial charge is 0.255 e. The quantitative estimate of drug-likeness (QED) is 0.909. The Morgan fingerprint density at radius 3 is 2.38 bits per heavy atom. The predicted molar refractivity (Wildman–Crippen MR) is 83.7 cm³/mol. The summed E-state index contributed by atoms with van der Waals surface area (Å²) in [5.74, 6) is -0.362. The van der Waals surface area contributed by atoms with E-state index in [-0.39, 0.29) is 11.8 Å². The lowest BCUT2D eigenvalue weighted by molar-refractivity contribution is 0.0961. The molecule has 0 aliphatic heterocycles. The van der Waals surface area contributed by atoms with E-state index in [2.05, 4.69) is 10.6 Å². The van der Waals surface area contributed by atoms with Crippen molar-refractivity contribution in [1.82, 2.24) is 5.32 Å². The molecule has 0 spiro atoms. The van der Waals surface area contributed by atoms with E-state index in [4.69, 9.17) is 0 Å². The van der Waals surface area contributed by atoms with E-state index < -0.39 is 0 Å². The van der Waals surface area contributed by atoms with Gasteiger partial charge in [-0.25, -0.2) is 0 Å². The highest BCUT2D eigenvalue weighted by Crippen LogP contribution is 2.15. The third-order valence-corrected chi connectivity index (χ3v) is 3.24. The van der Waals surface area contributed by atoms with Crippen LogP contribution in [0.3, 0.4) is 0 Å². The van der Waals surface area contributed by atoms with Crippen molar-refractivity contribution in [2.24, 2.45) is 0 Å². The lowest BCUT2D eigenvalue weighted by atomic mass is 10.1. The zero-order valence-electron chi connectivity index (χ0n) is 12.4. The standard InChI is InChI=1S/C17H18N2O2/c1-11-7-8-15(12(2)9-11)17(21)19-14-6-4-5-13(10-14)16(20)18-3/h4-10H,1-3H3,(H,18,20)(H,19,21). The number of aryl methyl sites for hydroxylation is 2. The van der Waals surface area contributed by atoms with Crippen LogP contribution in [0.1, 0.15) is 31.8 Å². The maximum atomic E-state index is 12.3. The van der Waals surface area contributed by atoms with E-state index in [1.54, 1.807) is 31.3 Å². The van der Waals surface area contributed by atoms with Crippen LogP contribution in [0.5, 0.6) is 0 Å². The van der Waals surface area contributed by atoms with Crippen LogP contribution in [0, 0.1) is 13.8 Å². The van der Waals surface area contributed by atoms with Gasteiger partial charge in [0.25, 0.3) is 11.8 Å². The first kappa shape index (κ1) is 14.8. The van der Waals surface area contributed by atoms with E-state index in [1.165, 1.54) is 0 Å². The van der Waals surface area contributed by atoms with Crippen LogP contribution in [0.4, 0.5) is 5.69 Å². The monoisotopic (exact) mass is 282 g/mol. The van der Waals surface area contributed by atoms with Crippen molar-refractivity contribution in [3.63, 3.8) is 0 Å². The van der Waals surface area contributed by atoms with Crippen LogP contribution in [0.15, 0.2) is 42.5 Å². The van der Waals surface area contributed by atoms with Gasteiger partial charge in [0.2, 0.25) is 0 Å². The van der Waals surface area contributed by atoms with Gasteiger partial charge in [0.15, 0.2) is 0 Å². The van der Waals surface area contributed by atoms with Gasteiger partial charge in [0, 0.05) is 23.9 Å². The minimum absolute atomic E-state index is 0.179. The number of hydrogen-bond acceptors (Lipinski definition) is 2. The largest absolute Gasteiger partial charge is 0.355 e. The summed E-state index contributed by atoms with van der Waals surface area (Å²) in [6.45, 7) is 3.89. The maximum Gasteiger partial charge on any atom is 0.255 e. The molecule has 0 atom stereocenters. The molecule has 2 amide bonds. The molecule has 0 unspecified atom stereocenters. The Morgan fingerprint density at radius 1 is 0.952 bits per heavy atom. The molecule has 4 nitrogen and oxygen atoms in total. The van der Waals surface area contributed by atoms with Crippen molar-refractivity contribution < 1.29 is 9.59 Å². The summed E-state index contributed by atoms with van der Waals surface area (Å²) in [5.41, 5.74) is 3.78. The van der Waals surface area contributed by atoms with Gasteiger partial charge in [-0.3, -0.25) is 9.59 Å². The molecule has 0 aromatic heterocycles. The lowest BCUT2D eigenvalue weighted by Gasteiger charge is -2.09. The molecule has 0 saturated heterocycles. The molecule has 0 aliphatic carbocycles. The van der Waals surface area contributed by atoms with Crippen molar-refractivity contribution >= 4 is 17.5 Å². The number of rotatable bonds is 3. The summed E-state index contributed by atoms with van der Waals surface area (Å²) >= 11 is 0. The summed E-state index contributed by atoms with van der Waals surface area (Å²) in [7, 11) is 1.57. The fourth-order valence-corrected chi connectivity index (χ4v) is 2.15. The van der Waals surface area contributed by atoms with Crippen LogP contribution < -0.4 is 10.6 Å². The maximum absolute atomic E-state index is 12.3. The summed E-state index contributed by atoms with van der Waals surface area (Å²) < 4.78 is 0. The Morgan fingerprint density at radius 2 is 1.71 bits per heavy atom. The van der Waals surface area contributed by atoms with Gasteiger partial charge < -0.3 is 10.6 Å². The Balaban J connectivity index is 2.21. The molecule has 4 heteroatoms.